The van der Waals surface area contributed by atoms with E-state index in [4.69, 9.17) is 5.73 Å². The van der Waals surface area contributed by atoms with E-state index in [1.807, 2.05) is 19.1 Å². The molecule has 1 aromatic carbocycles. The number of benzene rings is 1. The van der Waals surface area contributed by atoms with Gasteiger partial charge in [-0.2, -0.15) is 0 Å². The van der Waals surface area contributed by atoms with Crippen molar-refractivity contribution in [1.82, 2.24) is 10.6 Å². The molecule has 4 N–H and O–H groups in total. The Balaban J connectivity index is 0.00000288. The van der Waals surface area contributed by atoms with Crippen molar-refractivity contribution in [2.24, 2.45) is 11.7 Å². The maximum atomic E-state index is 11.9. The number of nitrogens with two attached hydrogens (primary N) is 1. The van der Waals surface area contributed by atoms with Gasteiger partial charge in [-0.1, -0.05) is 30.5 Å². The summed E-state index contributed by atoms with van der Waals surface area (Å²) in [4.78, 5) is 23.8. The minimum atomic E-state index is -0.117. The molecule has 5 nitrogen and oxygen atoms in total. The second-order valence-electron chi connectivity index (χ2n) is 6.38. The third-order valence-corrected chi connectivity index (χ3v) is 4.46. The molecule has 2 rings (SSSR count). The van der Waals surface area contributed by atoms with Crippen LogP contribution < -0.4 is 16.4 Å². The van der Waals surface area contributed by atoms with E-state index >= 15 is 0 Å². The van der Waals surface area contributed by atoms with E-state index in [2.05, 4.69) is 10.6 Å². The van der Waals surface area contributed by atoms with Gasteiger partial charge < -0.3 is 16.4 Å². The quantitative estimate of drug-likeness (QED) is 0.685. The smallest absolute Gasteiger partial charge is 0.251 e. The summed E-state index contributed by atoms with van der Waals surface area (Å²) in [5.74, 6) is 0.205. The molecular formula is C18H28ClN3O2. The topological polar surface area (TPSA) is 84.2 Å². The maximum absolute atomic E-state index is 11.9. The SMILES string of the molecule is Cc1ccc(C(=O)NCCNC(=O)CC2CCCCC2N)cc1.Cl. The molecule has 6 heteroatoms. The Kier molecular flexibility index (Phi) is 8.79. The molecule has 0 spiro atoms. The molecule has 0 heterocycles. The van der Waals surface area contributed by atoms with Crippen LogP contribution in [0.4, 0.5) is 0 Å². The van der Waals surface area contributed by atoms with Crippen molar-refractivity contribution in [3.8, 4) is 0 Å². The van der Waals surface area contributed by atoms with Gasteiger partial charge in [0.2, 0.25) is 5.91 Å². The number of hydrogen-bond donors (Lipinski definition) is 3. The average Bonchev–Trinajstić information content (AvgIpc) is 2.54. The van der Waals surface area contributed by atoms with Crippen molar-refractivity contribution in [2.75, 3.05) is 13.1 Å². The van der Waals surface area contributed by atoms with Gasteiger partial charge in [0.1, 0.15) is 0 Å². The van der Waals surface area contributed by atoms with Gasteiger partial charge >= 0.3 is 0 Å². The summed E-state index contributed by atoms with van der Waals surface area (Å²) < 4.78 is 0. The minimum absolute atomic E-state index is 0. The molecule has 0 aliphatic heterocycles. The summed E-state index contributed by atoms with van der Waals surface area (Å²) >= 11 is 0. The van der Waals surface area contributed by atoms with E-state index in [1.54, 1.807) is 12.1 Å². The maximum Gasteiger partial charge on any atom is 0.251 e. The van der Waals surface area contributed by atoms with Crippen molar-refractivity contribution in [3.05, 3.63) is 35.4 Å². The van der Waals surface area contributed by atoms with Crippen LogP contribution in [0.5, 0.6) is 0 Å². The molecule has 0 bridgehead atoms. The van der Waals surface area contributed by atoms with Gasteiger partial charge in [-0.05, 0) is 37.8 Å². The number of aryl methyl sites for hydroxylation is 1. The zero-order valence-corrected chi connectivity index (χ0v) is 15.0. The monoisotopic (exact) mass is 353 g/mol. The highest BCUT2D eigenvalue weighted by molar-refractivity contribution is 5.94. The molecule has 24 heavy (non-hydrogen) atoms. The molecule has 2 unspecified atom stereocenters. The first-order valence-corrected chi connectivity index (χ1v) is 8.43. The first-order chi connectivity index (χ1) is 11.1. The van der Waals surface area contributed by atoms with Crippen molar-refractivity contribution >= 4 is 24.2 Å². The zero-order chi connectivity index (χ0) is 16.7. The van der Waals surface area contributed by atoms with E-state index in [-0.39, 0.29) is 30.3 Å². The summed E-state index contributed by atoms with van der Waals surface area (Å²) in [6.45, 7) is 2.85. The number of carbonyl (C=O) groups is 2. The number of hydrogen-bond acceptors (Lipinski definition) is 3. The summed E-state index contributed by atoms with van der Waals surface area (Å²) in [7, 11) is 0. The molecule has 1 aliphatic rings. The number of nitrogens with one attached hydrogen (secondary N) is 2. The molecule has 134 valence electrons. The Morgan fingerprint density at radius 1 is 1.08 bits per heavy atom. The van der Waals surface area contributed by atoms with Gasteiger partial charge in [0.25, 0.3) is 5.91 Å². The van der Waals surface area contributed by atoms with E-state index in [1.165, 1.54) is 6.42 Å². The number of carbonyl (C=O) groups excluding carboxylic acids is 2. The molecule has 1 saturated carbocycles. The molecule has 0 saturated heterocycles. The van der Waals surface area contributed by atoms with E-state index < -0.39 is 0 Å². The fourth-order valence-electron chi connectivity index (χ4n) is 2.99. The Morgan fingerprint density at radius 3 is 2.38 bits per heavy atom. The molecule has 1 aromatic rings. The lowest BCUT2D eigenvalue weighted by atomic mass is 9.83. The number of halogens is 1. The van der Waals surface area contributed by atoms with E-state index in [0.29, 0.717) is 31.0 Å². The number of amides is 2. The lowest BCUT2D eigenvalue weighted by Crippen LogP contribution is -2.39. The summed E-state index contributed by atoms with van der Waals surface area (Å²) in [5.41, 5.74) is 7.81. The van der Waals surface area contributed by atoms with Crippen LogP contribution >= 0.6 is 12.4 Å². The average molecular weight is 354 g/mol. The first-order valence-electron chi connectivity index (χ1n) is 8.43. The molecule has 0 aromatic heterocycles. The molecule has 1 fully saturated rings. The standard InChI is InChI=1S/C18H27N3O2.ClH/c1-13-6-8-14(9-7-13)18(23)21-11-10-20-17(22)12-15-4-2-3-5-16(15)19;/h6-9,15-16H,2-5,10-12,19H2,1H3,(H,20,22)(H,21,23);1H. The van der Waals surface area contributed by atoms with Gasteiger partial charge in [-0.25, -0.2) is 0 Å². The summed E-state index contributed by atoms with van der Waals surface area (Å²) in [6.07, 6.45) is 4.89. The van der Waals surface area contributed by atoms with Crippen LogP contribution in [-0.2, 0) is 4.79 Å². The number of rotatable bonds is 6. The first kappa shape index (κ1) is 20.5. The fraction of sp³-hybridized carbons (Fsp3) is 0.556. The lowest BCUT2D eigenvalue weighted by Gasteiger charge is -2.27. The summed E-state index contributed by atoms with van der Waals surface area (Å²) in [6, 6.07) is 7.56. The molecule has 2 amide bonds. The largest absolute Gasteiger partial charge is 0.354 e. The van der Waals surface area contributed by atoms with Crippen LogP contribution in [0.2, 0.25) is 0 Å². The van der Waals surface area contributed by atoms with Crippen LogP contribution in [0.15, 0.2) is 24.3 Å². The van der Waals surface area contributed by atoms with E-state index in [9.17, 15) is 9.59 Å². The molecular weight excluding hydrogens is 326 g/mol. The van der Waals surface area contributed by atoms with Crippen molar-refractivity contribution in [2.45, 2.75) is 45.1 Å². The minimum Gasteiger partial charge on any atom is -0.354 e. The van der Waals surface area contributed by atoms with Crippen LogP contribution in [0.1, 0.15) is 48.0 Å². The van der Waals surface area contributed by atoms with Gasteiger partial charge in [-0.15, -0.1) is 12.4 Å². The Morgan fingerprint density at radius 2 is 1.71 bits per heavy atom. The normalized spacial score (nSPS) is 19.9. The molecule has 2 atom stereocenters. The van der Waals surface area contributed by atoms with Crippen LogP contribution in [0.25, 0.3) is 0 Å². The third-order valence-electron chi connectivity index (χ3n) is 4.46. The van der Waals surface area contributed by atoms with Gasteiger partial charge in [0.15, 0.2) is 0 Å². The fourth-order valence-corrected chi connectivity index (χ4v) is 2.99. The van der Waals surface area contributed by atoms with Crippen molar-refractivity contribution < 1.29 is 9.59 Å². The van der Waals surface area contributed by atoms with Crippen LogP contribution in [0, 0.1) is 12.8 Å². The Bertz CT molecular complexity index is 534. The molecule has 0 radical (unpaired) electrons. The second-order valence-corrected chi connectivity index (χ2v) is 6.38. The highest BCUT2D eigenvalue weighted by Gasteiger charge is 2.23. The van der Waals surface area contributed by atoms with Gasteiger partial charge in [0, 0.05) is 31.1 Å². The van der Waals surface area contributed by atoms with Crippen molar-refractivity contribution in [1.29, 1.82) is 0 Å². The van der Waals surface area contributed by atoms with Crippen molar-refractivity contribution in [3.63, 3.8) is 0 Å². The third kappa shape index (κ3) is 6.49. The Hall–Kier alpha value is -1.59. The summed E-state index contributed by atoms with van der Waals surface area (Å²) in [5, 5.41) is 5.67. The predicted octanol–water partition coefficient (Wildman–Crippen LogP) is 2.17. The van der Waals surface area contributed by atoms with Gasteiger partial charge in [0.05, 0.1) is 0 Å². The molecule has 1 aliphatic carbocycles. The van der Waals surface area contributed by atoms with Gasteiger partial charge in [-0.3, -0.25) is 9.59 Å². The second kappa shape index (κ2) is 10.3. The lowest BCUT2D eigenvalue weighted by molar-refractivity contribution is -0.122. The zero-order valence-electron chi connectivity index (χ0n) is 14.2. The Labute approximate surface area is 150 Å². The van der Waals surface area contributed by atoms with Crippen LogP contribution in [0.3, 0.4) is 0 Å². The predicted molar refractivity (Wildman–Crippen MR) is 98.3 cm³/mol. The van der Waals surface area contributed by atoms with E-state index in [0.717, 1.165) is 24.8 Å². The highest BCUT2D eigenvalue weighted by atomic mass is 35.5. The highest BCUT2D eigenvalue weighted by Crippen LogP contribution is 2.25. The van der Waals surface area contributed by atoms with Crippen LogP contribution in [-0.4, -0.2) is 30.9 Å².